The molecule has 168 valence electrons. The number of aliphatic hydroxyl groups is 1. The van der Waals surface area contributed by atoms with E-state index in [-0.39, 0.29) is 29.5 Å². The molecule has 7 heteroatoms. The highest BCUT2D eigenvalue weighted by Crippen LogP contribution is 2.41. The second kappa shape index (κ2) is 10.0. The number of amides is 1. The van der Waals surface area contributed by atoms with Crippen molar-refractivity contribution in [2.45, 2.75) is 51.7 Å². The fourth-order valence-electron chi connectivity index (χ4n) is 3.53. The van der Waals surface area contributed by atoms with E-state index in [4.69, 9.17) is 9.47 Å². The van der Waals surface area contributed by atoms with Gasteiger partial charge in [0.1, 0.15) is 17.2 Å². The summed E-state index contributed by atoms with van der Waals surface area (Å²) in [5.41, 5.74) is 1.62. The minimum absolute atomic E-state index is 0.0885. The highest BCUT2D eigenvalue weighted by atomic mass is 16.5. The molecule has 4 N–H and O–H groups in total. The van der Waals surface area contributed by atoms with Gasteiger partial charge in [-0.1, -0.05) is 25.5 Å². The molecular formula is C24H32N2O5. The molecule has 1 amide bonds. The summed E-state index contributed by atoms with van der Waals surface area (Å²) in [5, 5.41) is 26.7. The number of aliphatic hydroxyl groups excluding tert-OH is 1. The lowest BCUT2D eigenvalue weighted by Crippen LogP contribution is -2.43. The lowest BCUT2D eigenvalue weighted by Gasteiger charge is -2.29. The van der Waals surface area contributed by atoms with Crippen molar-refractivity contribution in [3.63, 3.8) is 0 Å². The Morgan fingerprint density at radius 3 is 2.68 bits per heavy atom. The molecule has 2 aromatic rings. The third-order valence-corrected chi connectivity index (χ3v) is 5.25. The summed E-state index contributed by atoms with van der Waals surface area (Å²) in [7, 11) is 0. The van der Waals surface area contributed by atoms with E-state index in [1.807, 2.05) is 12.1 Å². The van der Waals surface area contributed by atoms with Crippen LogP contribution in [0.15, 0.2) is 36.4 Å². The van der Waals surface area contributed by atoms with E-state index in [1.165, 1.54) is 11.6 Å². The monoisotopic (exact) mass is 428 g/mol. The van der Waals surface area contributed by atoms with Gasteiger partial charge in [0.25, 0.3) is 5.91 Å². The number of fused-ring (bicyclic) bond motifs is 1. The Hall–Kier alpha value is -2.77. The van der Waals surface area contributed by atoms with Crippen molar-refractivity contribution in [2.75, 3.05) is 25.1 Å². The van der Waals surface area contributed by atoms with E-state index in [2.05, 4.69) is 43.5 Å². The quantitative estimate of drug-likeness (QED) is 0.341. The second-order valence-electron chi connectivity index (χ2n) is 8.52. The van der Waals surface area contributed by atoms with Crippen LogP contribution in [0.5, 0.6) is 17.2 Å². The molecular weight excluding hydrogens is 396 g/mol. The number of β-amino-alcohol motifs (C(OH)–C–C–N with tert-alkyl or cyclic N) is 1. The minimum Gasteiger partial charge on any atom is -0.506 e. The van der Waals surface area contributed by atoms with Gasteiger partial charge in [-0.15, -0.1) is 0 Å². The van der Waals surface area contributed by atoms with Crippen LogP contribution in [0.25, 0.3) is 0 Å². The maximum absolute atomic E-state index is 11.5. The molecule has 1 aliphatic heterocycles. The molecule has 0 spiro atoms. The molecule has 0 aliphatic carbocycles. The number of phenolic OH excluding ortho intramolecular Hbond substituents is 1. The number of aromatic hydroxyl groups is 1. The van der Waals surface area contributed by atoms with Gasteiger partial charge in [-0.25, -0.2) is 0 Å². The van der Waals surface area contributed by atoms with Crippen LogP contribution >= 0.6 is 0 Å². The number of phenols is 1. The number of nitrogens with one attached hydrogen (secondary N) is 2. The van der Waals surface area contributed by atoms with Crippen molar-refractivity contribution >= 4 is 11.6 Å². The number of ether oxygens (including phenoxy) is 2. The van der Waals surface area contributed by atoms with Crippen LogP contribution < -0.4 is 20.1 Å². The van der Waals surface area contributed by atoms with E-state index in [0.717, 1.165) is 31.6 Å². The lowest BCUT2D eigenvalue weighted by molar-refractivity contribution is -0.118. The van der Waals surface area contributed by atoms with Gasteiger partial charge in [0.2, 0.25) is 0 Å². The van der Waals surface area contributed by atoms with Gasteiger partial charge in [0.15, 0.2) is 12.4 Å². The largest absolute Gasteiger partial charge is 0.506 e. The Bertz CT molecular complexity index is 896. The first kappa shape index (κ1) is 22.9. The van der Waals surface area contributed by atoms with Crippen molar-refractivity contribution in [3.8, 4) is 17.2 Å². The molecule has 0 unspecified atom stereocenters. The maximum atomic E-state index is 11.5. The molecule has 3 rings (SSSR count). The Morgan fingerprint density at radius 1 is 1.23 bits per heavy atom. The van der Waals surface area contributed by atoms with Gasteiger partial charge in [0, 0.05) is 17.6 Å². The van der Waals surface area contributed by atoms with Gasteiger partial charge >= 0.3 is 0 Å². The van der Waals surface area contributed by atoms with Crippen LogP contribution in [0.3, 0.4) is 0 Å². The number of rotatable bonds is 10. The van der Waals surface area contributed by atoms with Crippen molar-refractivity contribution in [1.82, 2.24) is 5.32 Å². The maximum Gasteiger partial charge on any atom is 0.262 e. The summed E-state index contributed by atoms with van der Waals surface area (Å²) in [6, 6.07) is 11.2. The first-order valence-corrected chi connectivity index (χ1v) is 10.7. The van der Waals surface area contributed by atoms with Gasteiger partial charge in [-0.3, -0.25) is 4.79 Å². The van der Waals surface area contributed by atoms with Crippen LogP contribution in [0.1, 0.15) is 50.8 Å². The zero-order valence-corrected chi connectivity index (χ0v) is 18.4. The summed E-state index contributed by atoms with van der Waals surface area (Å²) < 4.78 is 11.2. The average Bonchev–Trinajstić information content (AvgIpc) is 2.74. The van der Waals surface area contributed by atoms with Crippen LogP contribution in [0.4, 0.5) is 5.69 Å². The van der Waals surface area contributed by atoms with E-state index in [0.29, 0.717) is 17.9 Å². The second-order valence-corrected chi connectivity index (χ2v) is 8.52. The summed E-state index contributed by atoms with van der Waals surface area (Å²) in [5.74, 6) is 0.762. The molecule has 1 aliphatic rings. The van der Waals surface area contributed by atoms with Gasteiger partial charge < -0.3 is 30.3 Å². The van der Waals surface area contributed by atoms with Gasteiger partial charge in [-0.05, 0) is 56.5 Å². The van der Waals surface area contributed by atoms with Crippen molar-refractivity contribution in [2.24, 2.45) is 0 Å². The Kier molecular flexibility index (Phi) is 7.41. The van der Waals surface area contributed by atoms with Crippen molar-refractivity contribution in [1.29, 1.82) is 0 Å². The predicted molar refractivity (Wildman–Crippen MR) is 120 cm³/mol. The van der Waals surface area contributed by atoms with E-state index < -0.39 is 6.10 Å². The number of unbranched alkanes of at least 4 members (excludes halogenated alkanes) is 1. The summed E-state index contributed by atoms with van der Waals surface area (Å²) in [6.45, 7) is 7.17. The van der Waals surface area contributed by atoms with Crippen LogP contribution in [0.2, 0.25) is 0 Å². The molecule has 0 bridgehead atoms. The lowest BCUT2D eigenvalue weighted by atomic mass is 9.94. The first-order valence-electron chi connectivity index (χ1n) is 10.7. The van der Waals surface area contributed by atoms with Crippen molar-refractivity contribution in [3.05, 3.63) is 47.5 Å². The highest BCUT2D eigenvalue weighted by molar-refractivity contribution is 5.97. The molecule has 1 atom stereocenters. The zero-order chi connectivity index (χ0) is 22.4. The standard InChI is InChI=1S/C24H32N2O5/c1-4-5-12-30-17-8-6-16(7-9-17)13-24(2,3)25-14-20(28)18-10-11-19(27)22-23(18)31-15-21(29)26-22/h6-11,20,25,27-28H,4-5,12-15H2,1-3H3,(H,26,29)/t20-/m0/s1. The Morgan fingerprint density at radius 2 is 1.97 bits per heavy atom. The van der Waals surface area contributed by atoms with Crippen molar-refractivity contribution < 1.29 is 24.5 Å². The van der Waals surface area contributed by atoms with Crippen LogP contribution in [-0.2, 0) is 11.2 Å². The zero-order valence-electron chi connectivity index (χ0n) is 18.4. The number of carbonyl (C=O) groups is 1. The number of hydrogen-bond donors (Lipinski definition) is 4. The van der Waals surface area contributed by atoms with Gasteiger partial charge in [0.05, 0.1) is 12.7 Å². The van der Waals surface area contributed by atoms with E-state index in [9.17, 15) is 15.0 Å². The van der Waals surface area contributed by atoms with E-state index in [1.54, 1.807) is 6.07 Å². The molecule has 0 fully saturated rings. The molecule has 1 heterocycles. The fraction of sp³-hybridized carbons (Fsp3) is 0.458. The topological polar surface area (TPSA) is 100 Å². The Balaban J connectivity index is 1.59. The molecule has 2 aromatic carbocycles. The third-order valence-electron chi connectivity index (χ3n) is 5.25. The Labute approximate surface area is 183 Å². The normalized spacial score (nSPS) is 14.4. The molecule has 0 saturated carbocycles. The smallest absolute Gasteiger partial charge is 0.262 e. The number of benzene rings is 2. The average molecular weight is 429 g/mol. The molecule has 0 saturated heterocycles. The predicted octanol–water partition coefficient (Wildman–Crippen LogP) is 3.55. The summed E-state index contributed by atoms with van der Waals surface area (Å²) in [4.78, 5) is 11.5. The number of hydrogen-bond acceptors (Lipinski definition) is 6. The highest BCUT2D eigenvalue weighted by Gasteiger charge is 2.27. The summed E-state index contributed by atoms with van der Waals surface area (Å²) >= 11 is 0. The third kappa shape index (κ3) is 6.12. The number of anilines is 1. The molecule has 7 nitrogen and oxygen atoms in total. The van der Waals surface area contributed by atoms with Gasteiger partial charge in [-0.2, -0.15) is 0 Å². The SMILES string of the molecule is CCCCOc1ccc(CC(C)(C)NC[C@H](O)c2ccc(O)c3c2OCC(=O)N3)cc1. The fourth-order valence-corrected chi connectivity index (χ4v) is 3.53. The molecule has 0 aromatic heterocycles. The number of carbonyl (C=O) groups excluding carboxylic acids is 1. The summed E-state index contributed by atoms with van der Waals surface area (Å²) in [6.07, 6.45) is 2.06. The van der Waals surface area contributed by atoms with Crippen LogP contribution in [0, 0.1) is 0 Å². The first-order chi connectivity index (χ1) is 14.8. The molecule has 0 radical (unpaired) electrons. The molecule has 31 heavy (non-hydrogen) atoms. The minimum atomic E-state index is -0.863. The van der Waals surface area contributed by atoms with Crippen LogP contribution in [-0.4, -0.2) is 41.4 Å². The van der Waals surface area contributed by atoms with E-state index >= 15 is 0 Å².